The van der Waals surface area contributed by atoms with E-state index in [-0.39, 0.29) is 42.6 Å². The van der Waals surface area contributed by atoms with Crippen molar-refractivity contribution < 1.29 is 57.4 Å². The third-order valence-corrected chi connectivity index (χ3v) is 12.7. The monoisotopic (exact) mass is 826 g/mol. The maximum absolute atomic E-state index is 14.8. The minimum atomic E-state index is -5.86. The number of halogens is 6. The summed E-state index contributed by atoms with van der Waals surface area (Å²) < 4.78 is 158. The van der Waals surface area contributed by atoms with Crippen LogP contribution in [0.1, 0.15) is 23.6 Å². The van der Waals surface area contributed by atoms with Gasteiger partial charge in [-0.05, 0) is 132 Å². The van der Waals surface area contributed by atoms with E-state index < -0.39 is 48.6 Å². The zero-order valence-electron chi connectivity index (χ0n) is 30.0. The fourth-order valence-electron chi connectivity index (χ4n) is 6.11. The summed E-state index contributed by atoms with van der Waals surface area (Å²) in [5.41, 5.74) is -5.77. The Labute approximate surface area is 324 Å². The summed E-state index contributed by atoms with van der Waals surface area (Å²) in [5, 5.41) is 0. The molecule has 6 aromatic carbocycles. The van der Waals surface area contributed by atoms with E-state index in [4.69, 9.17) is 14.2 Å². The largest absolute Gasteiger partial charge is 0.497 e. The molecule has 15 heteroatoms. The third kappa shape index (κ3) is 8.07. The molecule has 0 heterocycles. The van der Waals surface area contributed by atoms with Crippen LogP contribution >= 0.6 is 0 Å². The van der Waals surface area contributed by atoms with Crippen LogP contribution in [0, 0.1) is 0 Å². The van der Waals surface area contributed by atoms with Crippen LogP contribution in [0.3, 0.4) is 0 Å². The summed E-state index contributed by atoms with van der Waals surface area (Å²) >= 11 is 0. The molecule has 0 fully saturated rings. The van der Waals surface area contributed by atoms with Crippen molar-refractivity contribution in [3.63, 3.8) is 0 Å². The van der Waals surface area contributed by atoms with Crippen LogP contribution in [-0.2, 0) is 31.5 Å². The Morgan fingerprint density at radius 1 is 0.421 bits per heavy atom. The summed E-state index contributed by atoms with van der Waals surface area (Å²) in [6.45, 7) is 1.93. The Morgan fingerprint density at radius 3 is 0.947 bits per heavy atom. The van der Waals surface area contributed by atoms with Gasteiger partial charge >= 0.3 is 12.4 Å². The van der Waals surface area contributed by atoms with Crippen LogP contribution in [0.15, 0.2) is 165 Å². The second kappa shape index (κ2) is 15.6. The minimum Gasteiger partial charge on any atom is -0.497 e. The summed E-state index contributed by atoms with van der Waals surface area (Å²) in [4.78, 5) is -0.0401. The number of hydrogen-bond acceptors (Lipinski definition) is 7. The molecule has 6 rings (SSSR count). The molecule has 0 amide bonds. The molecule has 0 N–H and O–H groups in total. The van der Waals surface area contributed by atoms with Gasteiger partial charge in [0.15, 0.2) is 0 Å². The van der Waals surface area contributed by atoms with Gasteiger partial charge in [-0.3, -0.25) is 0 Å². The van der Waals surface area contributed by atoms with Crippen LogP contribution in [0.4, 0.5) is 26.3 Å². The molecule has 0 bridgehead atoms. The lowest BCUT2D eigenvalue weighted by molar-refractivity contribution is -0.288. The van der Waals surface area contributed by atoms with E-state index in [9.17, 15) is 43.2 Å². The Balaban J connectivity index is 1.21. The van der Waals surface area contributed by atoms with Crippen LogP contribution in [-0.4, -0.2) is 36.3 Å². The fraction of sp³-hybridized carbons (Fsp3) is 0.143. The highest BCUT2D eigenvalue weighted by Crippen LogP contribution is 2.56. The number of hydrogen-bond donors (Lipinski definition) is 0. The van der Waals surface area contributed by atoms with E-state index in [1.54, 1.807) is 12.1 Å². The Kier molecular flexibility index (Phi) is 11.2. The van der Waals surface area contributed by atoms with Crippen molar-refractivity contribution in [2.24, 2.45) is 0 Å². The Hall–Kier alpha value is -5.80. The van der Waals surface area contributed by atoms with E-state index in [0.717, 1.165) is 36.2 Å². The molecule has 0 aromatic heterocycles. The first-order chi connectivity index (χ1) is 26.9. The molecule has 57 heavy (non-hydrogen) atoms. The van der Waals surface area contributed by atoms with Gasteiger partial charge in [0.1, 0.15) is 28.7 Å². The van der Waals surface area contributed by atoms with Gasteiger partial charge in [0, 0.05) is 0 Å². The van der Waals surface area contributed by atoms with Gasteiger partial charge < -0.3 is 14.2 Å². The molecular formula is C42H32F6O7S2. The molecule has 0 spiro atoms. The molecule has 296 valence electrons. The molecule has 0 saturated heterocycles. The van der Waals surface area contributed by atoms with Crippen LogP contribution < -0.4 is 14.2 Å². The molecule has 0 aliphatic rings. The standard InChI is InChI=1S/C42H32F6O7S2/c1-3-28-4-20-36(21-5-28)56(49,50)38-24-16-34(17-25-38)54-32-10-6-29(7-11-32)40(41(43,44)45,42(46,47)48)30-8-12-33(13-9-30)55-35-18-26-39(27-19-35)57(51,52)37-22-14-31(53-2)15-23-37/h4-27H,3H2,1-2H3. The van der Waals surface area contributed by atoms with Crippen molar-refractivity contribution >= 4 is 19.7 Å². The van der Waals surface area contributed by atoms with Gasteiger partial charge in [-0.15, -0.1) is 0 Å². The van der Waals surface area contributed by atoms with Crippen molar-refractivity contribution in [2.75, 3.05) is 7.11 Å². The van der Waals surface area contributed by atoms with Gasteiger partial charge in [0.25, 0.3) is 0 Å². The second-order valence-electron chi connectivity index (χ2n) is 12.6. The SMILES string of the molecule is CCc1ccc(S(=O)(=O)c2ccc(Oc3ccc(C(c4ccc(Oc5ccc(S(=O)(=O)c6ccc(OC)cc6)cc5)cc4)(C(F)(F)F)C(F)(F)F)cc3)cc2)cc1. The quantitative estimate of drug-likeness (QED) is 0.113. The molecule has 0 aliphatic heterocycles. The average Bonchev–Trinajstić information content (AvgIpc) is 3.19. The second-order valence-corrected chi connectivity index (χ2v) is 16.5. The van der Waals surface area contributed by atoms with Crippen molar-refractivity contribution in [1.29, 1.82) is 0 Å². The normalized spacial score (nSPS) is 12.6. The summed E-state index contributed by atoms with van der Waals surface area (Å²) in [6.07, 6.45) is -11.0. The molecule has 6 aromatic rings. The van der Waals surface area contributed by atoms with Gasteiger partial charge in [-0.1, -0.05) is 43.3 Å². The van der Waals surface area contributed by atoms with Crippen LogP contribution in [0.25, 0.3) is 0 Å². The highest BCUT2D eigenvalue weighted by atomic mass is 32.2. The number of rotatable bonds is 12. The topological polar surface area (TPSA) is 96.0 Å². The lowest BCUT2D eigenvalue weighted by atomic mass is 9.73. The molecule has 7 nitrogen and oxygen atoms in total. The first-order valence-electron chi connectivity index (χ1n) is 17.0. The van der Waals surface area contributed by atoms with Crippen molar-refractivity contribution in [1.82, 2.24) is 0 Å². The van der Waals surface area contributed by atoms with Gasteiger partial charge in [0.2, 0.25) is 25.1 Å². The molecule has 0 saturated carbocycles. The lowest BCUT2D eigenvalue weighted by Gasteiger charge is -2.38. The number of sulfone groups is 2. The van der Waals surface area contributed by atoms with E-state index in [0.29, 0.717) is 30.0 Å². The number of aryl methyl sites for hydroxylation is 1. The molecule has 0 radical (unpaired) electrons. The van der Waals surface area contributed by atoms with E-state index >= 15 is 0 Å². The van der Waals surface area contributed by atoms with Crippen molar-refractivity contribution in [3.8, 4) is 28.7 Å². The van der Waals surface area contributed by atoms with E-state index in [1.165, 1.54) is 92.0 Å². The molecule has 0 atom stereocenters. The van der Waals surface area contributed by atoms with Crippen molar-refractivity contribution in [3.05, 3.63) is 162 Å². The summed E-state index contributed by atoms with van der Waals surface area (Å²) in [5.74, 6) is 0.405. The third-order valence-electron chi connectivity index (χ3n) is 9.18. The Morgan fingerprint density at radius 2 is 0.684 bits per heavy atom. The fourth-order valence-corrected chi connectivity index (χ4v) is 8.63. The van der Waals surface area contributed by atoms with E-state index in [2.05, 4.69) is 0 Å². The molecule has 0 unspecified atom stereocenters. The highest BCUT2D eigenvalue weighted by molar-refractivity contribution is 7.91. The zero-order valence-corrected chi connectivity index (χ0v) is 31.6. The number of methoxy groups -OCH3 is 1. The maximum Gasteiger partial charge on any atom is 0.411 e. The summed E-state index contributed by atoms with van der Waals surface area (Å²) in [7, 11) is -6.35. The van der Waals surface area contributed by atoms with Crippen LogP contribution in [0.2, 0.25) is 0 Å². The highest BCUT2D eigenvalue weighted by Gasteiger charge is 2.72. The van der Waals surface area contributed by atoms with Crippen molar-refractivity contribution in [2.45, 2.75) is 50.7 Å². The summed E-state index contributed by atoms with van der Waals surface area (Å²) in [6, 6.07) is 28.9. The predicted molar refractivity (Wildman–Crippen MR) is 199 cm³/mol. The van der Waals surface area contributed by atoms with Gasteiger partial charge in [-0.2, -0.15) is 26.3 Å². The smallest absolute Gasteiger partial charge is 0.411 e. The van der Waals surface area contributed by atoms with Gasteiger partial charge in [0.05, 0.1) is 26.7 Å². The zero-order chi connectivity index (χ0) is 41.2. The molecular weight excluding hydrogens is 795 g/mol. The maximum atomic E-state index is 14.8. The van der Waals surface area contributed by atoms with E-state index in [1.807, 2.05) is 6.92 Å². The lowest BCUT2D eigenvalue weighted by Crippen LogP contribution is -2.54. The number of benzene rings is 6. The molecule has 0 aliphatic carbocycles. The minimum absolute atomic E-state index is 0.00169. The predicted octanol–water partition coefficient (Wildman–Crippen LogP) is 10.9. The average molecular weight is 827 g/mol. The number of ether oxygens (including phenoxy) is 3. The first kappa shape index (κ1) is 40.9. The van der Waals surface area contributed by atoms with Crippen LogP contribution in [0.5, 0.6) is 28.7 Å². The van der Waals surface area contributed by atoms with Gasteiger partial charge in [-0.25, -0.2) is 16.8 Å². The number of alkyl halides is 6. The first-order valence-corrected chi connectivity index (χ1v) is 20.0. The Bertz CT molecular complexity index is 2350.